The largest absolute Gasteiger partial charge is 0.339 e. The molecule has 0 aliphatic carbocycles. The van der Waals surface area contributed by atoms with Gasteiger partial charge in [0.25, 0.3) is 5.91 Å². The van der Waals surface area contributed by atoms with Gasteiger partial charge < -0.3 is 4.90 Å². The summed E-state index contributed by atoms with van der Waals surface area (Å²) in [6, 6.07) is 5.61. The standard InChI is InChI=1S/C14H20N4O/c1-9(2)7-10(3)18(4)14(19)11-5-6-12-13(8-11)16-17-15-12/h5-6,8-10H,7H2,1-4H3,(H,15,16,17)/t10-/m1/s1. The molecule has 19 heavy (non-hydrogen) atoms. The van der Waals surface area contributed by atoms with Crippen LogP contribution in [-0.2, 0) is 0 Å². The van der Waals surface area contributed by atoms with Gasteiger partial charge in [0, 0.05) is 18.7 Å². The first-order valence-corrected chi connectivity index (χ1v) is 6.56. The second-order valence-electron chi connectivity index (χ2n) is 5.42. The predicted molar refractivity (Wildman–Crippen MR) is 74.9 cm³/mol. The van der Waals surface area contributed by atoms with E-state index in [1.54, 1.807) is 17.0 Å². The number of nitrogens with one attached hydrogen (secondary N) is 1. The number of carbonyl (C=O) groups is 1. The van der Waals surface area contributed by atoms with Crippen molar-refractivity contribution < 1.29 is 4.79 Å². The van der Waals surface area contributed by atoms with E-state index in [0.29, 0.717) is 11.5 Å². The molecule has 0 spiro atoms. The number of hydrogen-bond acceptors (Lipinski definition) is 3. The summed E-state index contributed by atoms with van der Waals surface area (Å²) in [5.41, 5.74) is 2.14. The number of nitrogens with zero attached hydrogens (tertiary/aromatic N) is 3. The number of amides is 1. The Hall–Kier alpha value is -1.91. The number of rotatable bonds is 4. The molecule has 0 fully saturated rings. The zero-order valence-electron chi connectivity index (χ0n) is 11.8. The molecule has 0 aliphatic rings. The van der Waals surface area contributed by atoms with E-state index < -0.39 is 0 Å². The van der Waals surface area contributed by atoms with Crippen molar-refractivity contribution in [1.29, 1.82) is 0 Å². The Morgan fingerprint density at radius 2 is 1.95 bits per heavy atom. The van der Waals surface area contributed by atoms with Crippen LogP contribution < -0.4 is 0 Å². The first-order chi connectivity index (χ1) is 8.99. The van der Waals surface area contributed by atoms with Gasteiger partial charge in [-0.15, -0.1) is 0 Å². The number of fused-ring (bicyclic) bond motifs is 1. The molecule has 1 aromatic heterocycles. The van der Waals surface area contributed by atoms with Crippen LogP contribution in [0.2, 0.25) is 0 Å². The summed E-state index contributed by atoms with van der Waals surface area (Å²) in [6.07, 6.45) is 0.994. The highest BCUT2D eigenvalue weighted by atomic mass is 16.2. The molecule has 0 saturated carbocycles. The summed E-state index contributed by atoms with van der Waals surface area (Å²) < 4.78 is 0. The molecule has 2 aromatic rings. The molecule has 0 unspecified atom stereocenters. The Morgan fingerprint density at radius 3 is 2.63 bits per heavy atom. The van der Waals surface area contributed by atoms with Crippen LogP contribution in [0.4, 0.5) is 0 Å². The van der Waals surface area contributed by atoms with Gasteiger partial charge in [0.15, 0.2) is 0 Å². The predicted octanol–water partition coefficient (Wildman–Crippen LogP) is 2.46. The van der Waals surface area contributed by atoms with Gasteiger partial charge >= 0.3 is 0 Å². The van der Waals surface area contributed by atoms with E-state index >= 15 is 0 Å². The van der Waals surface area contributed by atoms with Crippen LogP contribution in [0.15, 0.2) is 18.2 Å². The van der Waals surface area contributed by atoms with E-state index in [2.05, 4.69) is 36.2 Å². The van der Waals surface area contributed by atoms with Crippen LogP contribution in [0.3, 0.4) is 0 Å². The van der Waals surface area contributed by atoms with Gasteiger partial charge in [-0.05, 0) is 37.5 Å². The molecule has 5 nitrogen and oxygen atoms in total. The second-order valence-corrected chi connectivity index (χ2v) is 5.42. The van der Waals surface area contributed by atoms with Crippen molar-refractivity contribution in [2.24, 2.45) is 5.92 Å². The van der Waals surface area contributed by atoms with Crippen LogP contribution in [0, 0.1) is 5.92 Å². The summed E-state index contributed by atoms with van der Waals surface area (Å²) in [5.74, 6) is 0.598. The van der Waals surface area contributed by atoms with E-state index in [1.165, 1.54) is 0 Å². The highest BCUT2D eigenvalue weighted by Crippen LogP contribution is 2.16. The van der Waals surface area contributed by atoms with Gasteiger partial charge in [-0.1, -0.05) is 13.8 Å². The summed E-state index contributed by atoms with van der Waals surface area (Å²) in [4.78, 5) is 14.2. The average molecular weight is 260 g/mol. The van der Waals surface area contributed by atoms with Crippen LogP contribution in [0.1, 0.15) is 37.6 Å². The third-order valence-electron chi connectivity index (χ3n) is 3.36. The number of aromatic nitrogens is 3. The SMILES string of the molecule is CC(C)C[C@@H](C)N(C)C(=O)c1ccc2n[nH]nc2c1. The number of benzene rings is 1. The van der Waals surface area contributed by atoms with Gasteiger partial charge in [0.2, 0.25) is 0 Å². The molecule has 1 N–H and O–H groups in total. The molecule has 102 valence electrons. The average Bonchev–Trinajstić information content (AvgIpc) is 2.83. The van der Waals surface area contributed by atoms with Crippen molar-refractivity contribution in [2.75, 3.05) is 7.05 Å². The lowest BCUT2D eigenvalue weighted by Gasteiger charge is -2.26. The smallest absolute Gasteiger partial charge is 0.253 e. The molecule has 0 radical (unpaired) electrons. The van der Waals surface area contributed by atoms with Crippen LogP contribution in [0.25, 0.3) is 11.0 Å². The molecule has 2 rings (SSSR count). The Bertz CT molecular complexity index is 576. The molecule has 1 atom stereocenters. The first kappa shape index (κ1) is 13.5. The lowest BCUT2D eigenvalue weighted by molar-refractivity contribution is 0.0728. The maximum absolute atomic E-state index is 12.4. The fraction of sp³-hybridized carbons (Fsp3) is 0.500. The highest BCUT2D eigenvalue weighted by molar-refractivity contribution is 5.97. The van der Waals surface area contributed by atoms with Gasteiger partial charge in [-0.2, -0.15) is 15.4 Å². The lowest BCUT2D eigenvalue weighted by atomic mass is 10.0. The van der Waals surface area contributed by atoms with Crippen LogP contribution in [0.5, 0.6) is 0 Å². The Kier molecular flexibility index (Phi) is 3.83. The van der Waals surface area contributed by atoms with E-state index in [4.69, 9.17) is 0 Å². The molecule has 0 saturated heterocycles. The summed E-state index contributed by atoms with van der Waals surface area (Å²) >= 11 is 0. The minimum Gasteiger partial charge on any atom is -0.339 e. The van der Waals surface area contributed by atoms with Crippen molar-refractivity contribution in [3.8, 4) is 0 Å². The molecule has 1 aromatic carbocycles. The molecule has 0 aliphatic heterocycles. The second kappa shape index (κ2) is 5.38. The van der Waals surface area contributed by atoms with Gasteiger partial charge in [-0.3, -0.25) is 4.79 Å². The molecular weight excluding hydrogens is 240 g/mol. The van der Waals surface area contributed by atoms with Gasteiger partial charge in [-0.25, -0.2) is 0 Å². The van der Waals surface area contributed by atoms with Crippen molar-refractivity contribution in [3.05, 3.63) is 23.8 Å². The fourth-order valence-corrected chi connectivity index (χ4v) is 2.22. The maximum atomic E-state index is 12.4. The number of hydrogen-bond donors (Lipinski definition) is 1. The zero-order chi connectivity index (χ0) is 14.0. The van der Waals surface area contributed by atoms with Crippen LogP contribution in [-0.4, -0.2) is 39.3 Å². The molecule has 1 heterocycles. The van der Waals surface area contributed by atoms with E-state index in [1.807, 2.05) is 13.1 Å². The van der Waals surface area contributed by atoms with Gasteiger partial charge in [0.05, 0.1) is 0 Å². The van der Waals surface area contributed by atoms with Gasteiger partial charge in [0.1, 0.15) is 11.0 Å². The quantitative estimate of drug-likeness (QED) is 0.918. The third-order valence-corrected chi connectivity index (χ3v) is 3.36. The summed E-state index contributed by atoms with van der Waals surface area (Å²) in [5, 5.41) is 10.5. The normalized spacial score (nSPS) is 12.9. The van der Waals surface area contributed by atoms with Crippen LogP contribution >= 0.6 is 0 Å². The van der Waals surface area contributed by atoms with Crippen molar-refractivity contribution in [1.82, 2.24) is 20.3 Å². The van der Waals surface area contributed by atoms with Crippen molar-refractivity contribution in [2.45, 2.75) is 33.2 Å². The minimum atomic E-state index is 0.0260. The number of carbonyl (C=O) groups excluding carboxylic acids is 1. The fourth-order valence-electron chi connectivity index (χ4n) is 2.22. The topological polar surface area (TPSA) is 61.9 Å². The van der Waals surface area contributed by atoms with E-state index in [9.17, 15) is 4.79 Å². The third kappa shape index (κ3) is 2.92. The molecule has 0 bridgehead atoms. The molecule has 5 heteroatoms. The minimum absolute atomic E-state index is 0.0260. The molecular formula is C14H20N4O. The Morgan fingerprint density at radius 1 is 1.26 bits per heavy atom. The highest BCUT2D eigenvalue weighted by Gasteiger charge is 2.18. The Balaban J connectivity index is 2.18. The molecule has 1 amide bonds. The lowest BCUT2D eigenvalue weighted by Crippen LogP contribution is -2.35. The first-order valence-electron chi connectivity index (χ1n) is 6.56. The summed E-state index contributed by atoms with van der Waals surface area (Å²) in [7, 11) is 1.85. The van der Waals surface area contributed by atoms with Crippen molar-refractivity contribution in [3.63, 3.8) is 0 Å². The monoisotopic (exact) mass is 260 g/mol. The Labute approximate surface area is 113 Å². The summed E-state index contributed by atoms with van der Waals surface area (Å²) in [6.45, 7) is 6.40. The van der Waals surface area contributed by atoms with Crippen molar-refractivity contribution >= 4 is 16.9 Å². The number of aromatic amines is 1. The maximum Gasteiger partial charge on any atom is 0.253 e. The van der Waals surface area contributed by atoms with E-state index in [-0.39, 0.29) is 11.9 Å². The zero-order valence-corrected chi connectivity index (χ0v) is 11.8. The van der Waals surface area contributed by atoms with E-state index in [0.717, 1.165) is 17.5 Å². The number of H-pyrrole nitrogens is 1.